The van der Waals surface area contributed by atoms with Gasteiger partial charge in [-0.2, -0.15) is 0 Å². The summed E-state index contributed by atoms with van der Waals surface area (Å²) in [5.41, 5.74) is -20.0. The van der Waals surface area contributed by atoms with E-state index in [4.69, 9.17) is 37.9 Å². The van der Waals surface area contributed by atoms with Gasteiger partial charge >= 0.3 is 143 Å². The maximum atomic E-state index is 15.5. The van der Waals surface area contributed by atoms with Crippen molar-refractivity contribution in [3.8, 4) is 0 Å². The molecule has 33 heteroatoms. The van der Waals surface area contributed by atoms with Crippen molar-refractivity contribution in [1.82, 2.24) is 0 Å². The minimum absolute atomic E-state index is 0. The molecular formula is C78H88CaKNaO30+4. The first-order chi connectivity index (χ1) is 50.6. The number of carbonyl (C=O) groups excluding carboxylic acids is 10. The second-order valence-corrected chi connectivity index (χ2v) is 30.8. The van der Waals surface area contributed by atoms with E-state index in [1.54, 1.807) is 27.7 Å². The predicted molar refractivity (Wildman–Crippen MR) is 375 cm³/mol. The third kappa shape index (κ3) is 15.1. The van der Waals surface area contributed by atoms with Crippen molar-refractivity contribution in [2.45, 2.75) is 179 Å². The van der Waals surface area contributed by atoms with E-state index in [1.165, 1.54) is 102 Å². The van der Waals surface area contributed by atoms with Crippen molar-refractivity contribution in [3.63, 3.8) is 0 Å². The Morgan fingerprint density at radius 1 is 0.441 bits per heavy atom. The summed E-state index contributed by atoms with van der Waals surface area (Å²) >= 11 is 0. The first kappa shape index (κ1) is 91.4. The largest absolute Gasteiger partial charge is 2.00 e. The Hall–Kier alpha value is -5.12. The van der Waals surface area contributed by atoms with Gasteiger partial charge in [0, 0.05) is 25.7 Å². The number of aldehydes is 2. The Morgan fingerprint density at radius 3 is 1.04 bits per heavy atom. The van der Waals surface area contributed by atoms with Crippen molar-refractivity contribution in [3.05, 3.63) is 164 Å². The summed E-state index contributed by atoms with van der Waals surface area (Å²) in [4.78, 5) is 145. The molecular weight excluding hydrogens is 1520 g/mol. The van der Waals surface area contributed by atoms with Gasteiger partial charge in [-0.05, 0) is 111 Å². The fraction of sp³-hybridized carbons (Fsp3) is 0.513. The van der Waals surface area contributed by atoms with Gasteiger partial charge in [-0.3, -0.25) is 28.8 Å². The number of aliphatic hydroxyl groups is 12. The average Bonchev–Trinajstić information content (AvgIpc) is 1.60. The number of rotatable bonds is 10. The average molecular weight is 1610 g/mol. The van der Waals surface area contributed by atoms with E-state index in [2.05, 4.69) is 0 Å². The number of aliphatic hydroxyl groups excluding tert-OH is 12. The molecule has 6 heterocycles. The maximum absolute atomic E-state index is 15.5. The molecule has 0 saturated carbocycles. The van der Waals surface area contributed by atoms with Crippen molar-refractivity contribution in [2.24, 2.45) is 45.3 Å². The molecule has 11 aliphatic rings. The number of allylic oxidation sites excluding steroid dienone is 10. The molecule has 0 amide bonds. The SMILES string of the molecule is CC1=C\C=C\C2(C)C=C(CO[C@H]3O[C@H](CO)[C@H](O)[C@H](O)[C@H]3O)C(C)CC23OC(=O)/C(=C(O)/C=C/C2(C)C=C(C=O)C(C)CC24OC(=O)\C(=C(O)/C(C)=C/C=C/C2(C)C=C(CO[C@H]5O[C@H](CO)[C@H](O)[C@H](O)[C@H]5O)C(C)CC25OC(=O)/C(=C(O)/C=C/C2(C)C=C(C=O)C(C)CC26OC(=O)\C(=C\1O)C6=O)C5=O)C4=O)C3=O.[Ca+2].[K+].[Na+]. The summed E-state index contributed by atoms with van der Waals surface area (Å²) < 4.78 is 47.4. The minimum atomic E-state index is -2.33. The molecule has 11 rings (SSSR count). The zero-order chi connectivity index (χ0) is 79.4. The molecule has 6 saturated heterocycles. The number of ketones is 4. The Labute approximate surface area is 732 Å². The Bertz CT molecular complexity index is 4120. The predicted octanol–water partition coefficient (Wildman–Crippen LogP) is -3.63. The van der Waals surface area contributed by atoms with Crippen LogP contribution in [0.4, 0.5) is 0 Å². The molecule has 6 aliphatic heterocycles. The van der Waals surface area contributed by atoms with Gasteiger partial charge in [0.25, 0.3) is 0 Å². The van der Waals surface area contributed by atoms with Crippen LogP contribution in [0.25, 0.3) is 0 Å². The number of hydrogen-bond donors (Lipinski definition) is 12. The van der Waals surface area contributed by atoms with Gasteiger partial charge in [0.1, 0.15) is 107 Å². The normalized spacial score (nSPS) is 44.7. The first-order valence-corrected chi connectivity index (χ1v) is 35.2. The summed E-state index contributed by atoms with van der Waals surface area (Å²) in [7, 11) is 0. The van der Waals surface area contributed by atoms with Crippen LogP contribution in [0.2, 0.25) is 0 Å². The molecule has 580 valence electrons. The number of hydrogen-bond acceptors (Lipinski definition) is 30. The molecule has 8 bridgehead atoms. The Morgan fingerprint density at radius 2 is 0.730 bits per heavy atom. The second kappa shape index (κ2) is 33.8. The van der Waals surface area contributed by atoms with Crippen LogP contribution in [0.5, 0.6) is 0 Å². The fourth-order valence-corrected chi connectivity index (χ4v) is 16.8. The number of esters is 4. The van der Waals surface area contributed by atoms with E-state index in [9.17, 15) is 90.0 Å². The van der Waals surface area contributed by atoms with Crippen LogP contribution in [0.1, 0.15) is 94.9 Å². The van der Waals surface area contributed by atoms with Crippen LogP contribution in [0.3, 0.4) is 0 Å². The van der Waals surface area contributed by atoms with E-state index in [1.807, 2.05) is 0 Å². The van der Waals surface area contributed by atoms with Crippen LogP contribution in [0, 0.1) is 45.3 Å². The Kier molecular flexibility index (Phi) is 27.9. The zero-order valence-electron chi connectivity index (χ0n) is 63.4. The van der Waals surface area contributed by atoms with E-state index in [0.29, 0.717) is 23.7 Å². The van der Waals surface area contributed by atoms with Crippen LogP contribution in [0.15, 0.2) is 164 Å². The topological polar surface area (TPSA) is 487 Å². The molecule has 12 unspecified atom stereocenters. The molecule has 30 nitrogen and oxygen atoms in total. The molecule has 111 heavy (non-hydrogen) atoms. The van der Waals surface area contributed by atoms with E-state index in [0.717, 1.165) is 24.3 Å². The molecule has 4 spiro atoms. The summed E-state index contributed by atoms with van der Waals surface area (Å²) in [5, 5.41) is 132. The van der Waals surface area contributed by atoms with Crippen molar-refractivity contribution in [1.29, 1.82) is 0 Å². The van der Waals surface area contributed by atoms with E-state index >= 15 is 19.2 Å². The van der Waals surface area contributed by atoms with Crippen LogP contribution >= 0.6 is 0 Å². The summed E-state index contributed by atoms with van der Waals surface area (Å²) in [6.45, 7) is 12.1. The molecule has 6 fully saturated rings. The standard InChI is InChI=1S/C78H88O30.Ca.K.Na/c1-35-13-11-17-71(7)27-43(33-101-69-59(91)57(89)55(87)47(31-81)103-69)39(5)23-75(71)61(93)49(65(97)105-75)46(84)16-20-74(10)26-42(30-80)38(4)22-78(74)64(96)52(68(100)108-78)54(86)36(2)14-12-18-72(8)28-44(34-102-70-60(92)58(90)56(88)48(32-82)104-70)40(6)24-76(72)62(94)50(66(98)106-76)45(83)15-19-73(9)25-41(29-79)37(3)21-77(73)63(95)51(53(35)85)67(99)107-77;;;/h11-20,25-30,37-40,47-48,55-60,69-70,81-92H,21-24,31-34H2,1-10H3;;;/q;+2;2*+1/b17-11+,18-12+,19-15+,20-16+,35-13+,36-14+,49-46-,50-45-,53-51-,54-52+;;;/t37?,38?,39?,40?,47-,48-,55+,56+,57+,58+,59-,60-,69+,70+,71?,72?,73?,74?,75?,76?,77?,78?;;;/m1.../s1. The van der Waals surface area contributed by atoms with Crippen LogP contribution in [-0.4, -0.2) is 269 Å². The number of Topliss-reactive ketones (excluding diaryl/α,β-unsaturated/α-hetero) is 4. The van der Waals surface area contributed by atoms with Crippen molar-refractivity contribution < 1.29 is 228 Å². The monoisotopic (exact) mass is 1610 g/mol. The van der Waals surface area contributed by atoms with Gasteiger partial charge in [0.15, 0.2) is 35.0 Å². The van der Waals surface area contributed by atoms with E-state index in [-0.39, 0.29) is 154 Å². The molecule has 0 aromatic heterocycles. The van der Waals surface area contributed by atoms with Gasteiger partial charge in [-0.25, -0.2) is 19.2 Å². The number of fused-ring (bicyclic) bond motifs is 4. The van der Waals surface area contributed by atoms with Gasteiger partial charge in [-0.1, -0.05) is 101 Å². The van der Waals surface area contributed by atoms with Gasteiger partial charge in [0.05, 0.1) is 48.1 Å². The summed E-state index contributed by atoms with van der Waals surface area (Å²) in [5.74, 6) is -17.0. The maximum Gasteiger partial charge on any atom is 2.00 e. The molecule has 0 aromatic carbocycles. The number of carbonyl (C=O) groups is 10. The first-order valence-electron chi connectivity index (χ1n) is 35.2. The molecule has 22 atom stereocenters. The second-order valence-electron chi connectivity index (χ2n) is 30.8. The molecule has 0 radical (unpaired) electrons. The van der Waals surface area contributed by atoms with Crippen molar-refractivity contribution >= 4 is 97.3 Å². The summed E-state index contributed by atoms with van der Waals surface area (Å²) in [6.07, 6.45) is -0.245. The molecule has 5 aliphatic carbocycles. The zero-order valence-corrected chi connectivity index (χ0v) is 70.7. The number of ether oxygens (including phenoxy) is 8. The molecule has 0 aromatic rings. The quantitative estimate of drug-likeness (QED) is 0.0251. The van der Waals surface area contributed by atoms with Crippen molar-refractivity contribution in [2.75, 3.05) is 26.4 Å². The smallest absolute Gasteiger partial charge is 0.507 e. The Balaban J connectivity index is 0.00000516. The van der Waals surface area contributed by atoms with Crippen LogP contribution < -0.4 is 80.9 Å². The van der Waals surface area contributed by atoms with Gasteiger partial charge < -0.3 is 99.2 Å². The minimum Gasteiger partial charge on any atom is -0.507 e. The summed E-state index contributed by atoms with van der Waals surface area (Å²) in [6, 6.07) is 0. The third-order valence-electron chi connectivity index (χ3n) is 23.7. The fourth-order valence-electron chi connectivity index (χ4n) is 16.8. The third-order valence-corrected chi connectivity index (χ3v) is 23.7. The van der Waals surface area contributed by atoms with Crippen LogP contribution in [-0.2, 0) is 85.8 Å². The van der Waals surface area contributed by atoms with Gasteiger partial charge in [-0.15, -0.1) is 0 Å². The van der Waals surface area contributed by atoms with E-state index < -0.39 is 261 Å². The molecule has 12 N–H and O–H groups in total. The van der Waals surface area contributed by atoms with Gasteiger partial charge in [0.2, 0.25) is 23.1 Å².